The molecule has 2 saturated heterocycles. The second-order valence-corrected chi connectivity index (χ2v) is 11.2. The minimum Gasteiger partial charge on any atom is -0.455 e. The first-order chi connectivity index (χ1) is 20.5. The van der Waals surface area contributed by atoms with Crippen LogP contribution in [-0.4, -0.2) is 75.7 Å². The van der Waals surface area contributed by atoms with Crippen molar-refractivity contribution in [1.29, 1.82) is 0 Å². The minimum atomic E-state index is -1.05. The molecule has 2 aromatic carbocycles. The van der Waals surface area contributed by atoms with Gasteiger partial charge in [-0.2, -0.15) is 0 Å². The highest BCUT2D eigenvalue weighted by Crippen LogP contribution is 2.47. The van der Waals surface area contributed by atoms with Gasteiger partial charge in [0.1, 0.15) is 23.4 Å². The Morgan fingerprint density at radius 2 is 1.88 bits per heavy atom. The molecular formula is C29H26N6O6S. The molecule has 12 nitrogen and oxygen atoms in total. The number of likely N-dealkylation sites (tertiary alicyclic amines) is 1. The number of para-hydroxylation sites is 1. The highest BCUT2D eigenvalue weighted by atomic mass is 32.2. The van der Waals surface area contributed by atoms with Crippen LogP contribution in [0.2, 0.25) is 0 Å². The number of hydrogen-bond acceptors (Lipinski definition) is 9. The Labute approximate surface area is 244 Å². The second kappa shape index (κ2) is 10.7. The third kappa shape index (κ3) is 5.06. The van der Waals surface area contributed by atoms with E-state index >= 15 is 0 Å². The summed E-state index contributed by atoms with van der Waals surface area (Å²) in [7, 11) is 0. The average Bonchev–Trinajstić information content (AvgIpc) is 3.75. The number of ether oxygens (including phenoxy) is 3. The summed E-state index contributed by atoms with van der Waals surface area (Å²) >= 11 is 1.57. The quantitative estimate of drug-likeness (QED) is 0.273. The van der Waals surface area contributed by atoms with Gasteiger partial charge >= 0.3 is 0 Å². The Balaban J connectivity index is 1.01. The van der Waals surface area contributed by atoms with Gasteiger partial charge in [-0.1, -0.05) is 23.9 Å². The zero-order valence-electron chi connectivity index (χ0n) is 22.3. The number of nitrogens with zero attached hydrogens (tertiary/aromatic N) is 3. The number of aromatic nitrogens is 3. The molecule has 2 aromatic heterocycles. The van der Waals surface area contributed by atoms with Crippen molar-refractivity contribution in [2.45, 2.75) is 34.6 Å². The van der Waals surface area contributed by atoms with Gasteiger partial charge in [0.05, 0.1) is 59.9 Å². The summed E-state index contributed by atoms with van der Waals surface area (Å²) in [6.45, 7) is 0.678. The summed E-state index contributed by atoms with van der Waals surface area (Å²) in [6.07, 6.45) is 3.49. The third-order valence-corrected chi connectivity index (χ3v) is 8.50. The second-order valence-electron chi connectivity index (χ2n) is 10.1. The molecule has 4 aromatic rings. The lowest BCUT2D eigenvalue weighted by Crippen LogP contribution is -2.49. The van der Waals surface area contributed by atoms with Crippen molar-refractivity contribution in [3.05, 3.63) is 72.3 Å². The van der Waals surface area contributed by atoms with Gasteiger partial charge in [0.15, 0.2) is 5.79 Å². The van der Waals surface area contributed by atoms with E-state index in [1.807, 2.05) is 30.3 Å². The molecule has 2 fully saturated rings. The molecule has 0 aliphatic carbocycles. The summed E-state index contributed by atoms with van der Waals surface area (Å²) in [5, 5.41) is 5.54. The highest BCUT2D eigenvalue weighted by molar-refractivity contribution is 7.99. The Bertz CT molecular complexity index is 1670. The molecule has 0 saturated carbocycles. The van der Waals surface area contributed by atoms with Crippen LogP contribution in [0.1, 0.15) is 22.6 Å². The number of fused-ring (bicyclic) bond motifs is 3. The zero-order chi connectivity index (χ0) is 28.7. The van der Waals surface area contributed by atoms with E-state index in [0.717, 1.165) is 26.6 Å². The van der Waals surface area contributed by atoms with E-state index in [1.165, 1.54) is 4.90 Å². The van der Waals surface area contributed by atoms with Gasteiger partial charge in [-0.3, -0.25) is 19.4 Å². The molecule has 13 heteroatoms. The molecule has 3 amide bonds. The SMILES string of the molecule is O=C(NCC(=O)N1CC2(CC1C(=O)NCc1nc3ccncc3[nH]1)OCCO2)c1ccc2c(c1)Oc1ccccc1S2. The fourth-order valence-electron chi connectivity index (χ4n) is 5.35. The molecule has 5 heterocycles. The van der Waals surface area contributed by atoms with E-state index in [4.69, 9.17) is 14.2 Å². The van der Waals surface area contributed by atoms with Gasteiger partial charge in [0.2, 0.25) is 11.8 Å². The monoisotopic (exact) mass is 586 g/mol. The van der Waals surface area contributed by atoms with Crippen molar-refractivity contribution in [2.24, 2.45) is 0 Å². The molecule has 1 spiro atoms. The highest BCUT2D eigenvalue weighted by Gasteiger charge is 2.52. The Kier molecular flexibility index (Phi) is 6.76. The predicted octanol–water partition coefficient (Wildman–Crippen LogP) is 2.61. The summed E-state index contributed by atoms with van der Waals surface area (Å²) < 4.78 is 17.6. The van der Waals surface area contributed by atoms with E-state index in [9.17, 15) is 14.4 Å². The number of rotatable bonds is 6. The topological polar surface area (TPSA) is 148 Å². The Hall–Kier alpha value is -4.46. The Morgan fingerprint density at radius 3 is 2.74 bits per heavy atom. The fourth-order valence-corrected chi connectivity index (χ4v) is 6.28. The number of imidazole rings is 1. The molecule has 7 rings (SSSR count). The number of pyridine rings is 1. The molecular weight excluding hydrogens is 560 g/mol. The number of H-pyrrole nitrogens is 1. The van der Waals surface area contributed by atoms with E-state index in [1.54, 1.807) is 42.4 Å². The first-order valence-electron chi connectivity index (χ1n) is 13.5. The lowest BCUT2D eigenvalue weighted by Gasteiger charge is -2.24. The Morgan fingerprint density at radius 1 is 1.05 bits per heavy atom. The van der Waals surface area contributed by atoms with Gasteiger partial charge in [0, 0.05) is 18.2 Å². The van der Waals surface area contributed by atoms with Gasteiger partial charge in [0.25, 0.3) is 5.91 Å². The van der Waals surface area contributed by atoms with Crippen LogP contribution in [0, 0.1) is 0 Å². The van der Waals surface area contributed by atoms with Crippen LogP contribution >= 0.6 is 11.8 Å². The zero-order valence-corrected chi connectivity index (χ0v) is 23.1. The van der Waals surface area contributed by atoms with Crippen molar-refractivity contribution in [3.8, 4) is 11.5 Å². The van der Waals surface area contributed by atoms with Crippen molar-refractivity contribution in [2.75, 3.05) is 26.3 Å². The lowest BCUT2D eigenvalue weighted by atomic mass is 10.1. The van der Waals surface area contributed by atoms with Gasteiger partial charge in [-0.25, -0.2) is 4.98 Å². The predicted molar refractivity (Wildman–Crippen MR) is 150 cm³/mol. The van der Waals surface area contributed by atoms with Crippen molar-refractivity contribution >= 4 is 40.5 Å². The van der Waals surface area contributed by atoms with Crippen LogP contribution in [-0.2, 0) is 25.6 Å². The van der Waals surface area contributed by atoms with Crippen molar-refractivity contribution < 1.29 is 28.6 Å². The first-order valence-corrected chi connectivity index (χ1v) is 14.3. The van der Waals surface area contributed by atoms with Crippen LogP contribution < -0.4 is 15.4 Å². The maximum absolute atomic E-state index is 13.4. The number of hydrogen-bond donors (Lipinski definition) is 3. The number of carbonyl (C=O) groups excluding carboxylic acids is 3. The molecule has 3 aliphatic rings. The largest absolute Gasteiger partial charge is 0.455 e. The third-order valence-electron chi connectivity index (χ3n) is 7.39. The molecule has 42 heavy (non-hydrogen) atoms. The van der Waals surface area contributed by atoms with E-state index in [-0.39, 0.29) is 32.0 Å². The van der Waals surface area contributed by atoms with Crippen molar-refractivity contribution in [3.63, 3.8) is 0 Å². The number of nitrogens with one attached hydrogen (secondary N) is 3. The maximum atomic E-state index is 13.4. The van der Waals surface area contributed by atoms with Crippen molar-refractivity contribution in [1.82, 2.24) is 30.5 Å². The smallest absolute Gasteiger partial charge is 0.251 e. The van der Waals surface area contributed by atoms with E-state index in [0.29, 0.717) is 30.4 Å². The summed E-state index contributed by atoms with van der Waals surface area (Å²) in [6, 6.07) is 13.8. The van der Waals surface area contributed by atoms with Gasteiger partial charge in [-0.05, 0) is 36.4 Å². The summed E-state index contributed by atoms with van der Waals surface area (Å²) in [5.74, 6) is -0.399. The first kappa shape index (κ1) is 26.4. The van der Waals surface area contributed by atoms with E-state index in [2.05, 4.69) is 25.6 Å². The van der Waals surface area contributed by atoms with Gasteiger partial charge < -0.3 is 34.7 Å². The normalized spacial score (nSPS) is 18.4. The maximum Gasteiger partial charge on any atom is 0.251 e. The van der Waals surface area contributed by atoms with Crippen LogP contribution in [0.25, 0.3) is 11.0 Å². The molecule has 0 bridgehead atoms. The standard InChI is InChI=1S/C29H26N6O6S/c36-26(15-32-27(37)17-5-6-24-22(11-17)41-21-3-1-2-4-23(21)42-24)35-16-29(39-9-10-40-29)12-20(35)28(38)31-14-25-33-18-7-8-30-13-19(18)34-25/h1-8,11,13,20H,9-10,12,14-16H2,(H,31,38)(H,32,37)(H,33,34). The number of carbonyl (C=O) groups is 3. The molecule has 1 unspecified atom stereocenters. The summed E-state index contributed by atoms with van der Waals surface area (Å²) in [5.41, 5.74) is 1.86. The van der Waals surface area contributed by atoms with Gasteiger partial charge in [-0.15, -0.1) is 0 Å². The van der Waals surface area contributed by atoms with E-state index < -0.39 is 23.6 Å². The molecule has 3 aliphatic heterocycles. The summed E-state index contributed by atoms with van der Waals surface area (Å²) in [4.78, 5) is 54.6. The van der Waals surface area contributed by atoms with Crippen LogP contribution in [0.3, 0.4) is 0 Å². The lowest BCUT2D eigenvalue weighted by molar-refractivity contribution is -0.152. The number of aromatic amines is 1. The fraction of sp³-hybridized carbons (Fsp3) is 0.276. The number of amides is 3. The van der Waals surface area contributed by atoms with Crippen LogP contribution in [0.5, 0.6) is 11.5 Å². The molecule has 3 N–H and O–H groups in total. The molecule has 1 atom stereocenters. The average molecular weight is 587 g/mol. The minimum absolute atomic E-state index is 0.0828. The van der Waals surface area contributed by atoms with Crippen LogP contribution in [0.15, 0.2) is 70.7 Å². The number of benzene rings is 2. The van der Waals surface area contributed by atoms with Crippen LogP contribution in [0.4, 0.5) is 0 Å². The molecule has 0 radical (unpaired) electrons. The molecule has 214 valence electrons.